The van der Waals surface area contributed by atoms with E-state index in [1.54, 1.807) is 0 Å². The van der Waals surface area contributed by atoms with Crippen LogP contribution < -0.4 is 4.72 Å². The summed E-state index contributed by atoms with van der Waals surface area (Å²) in [6, 6.07) is 1.36. The summed E-state index contributed by atoms with van der Waals surface area (Å²) in [4.78, 5) is 0. The van der Waals surface area contributed by atoms with E-state index in [2.05, 4.69) is 4.72 Å². The maximum Gasteiger partial charge on any atom is 0.213 e. The van der Waals surface area contributed by atoms with Gasteiger partial charge < -0.3 is 0 Å². The third-order valence-electron chi connectivity index (χ3n) is 1.68. The third-order valence-corrected chi connectivity index (χ3v) is 3.57. The van der Waals surface area contributed by atoms with E-state index in [-0.39, 0.29) is 11.2 Å². The van der Waals surface area contributed by atoms with E-state index in [1.165, 1.54) is 0 Å². The van der Waals surface area contributed by atoms with Gasteiger partial charge in [-0.05, 0) is 11.8 Å². The summed E-state index contributed by atoms with van der Waals surface area (Å²) in [6.45, 7) is 7.48. The lowest BCUT2D eigenvalue weighted by atomic mass is 10.0. The fourth-order valence-electron chi connectivity index (χ4n) is 1.27. The van der Waals surface area contributed by atoms with Crippen molar-refractivity contribution in [2.45, 2.75) is 46.6 Å². The number of hydrogen-bond acceptors (Lipinski definition) is 3. The molecule has 0 spiro atoms. The highest BCUT2D eigenvalue weighted by Gasteiger charge is 2.23. The molecule has 0 aliphatic heterocycles. The zero-order valence-corrected chi connectivity index (χ0v) is 10.7. The van der Waals surface area contributed by atoms with E-state index >= 15 is 0 Å². The van der Waals surface area contributed by atoms with Crippen molar-refractivity contribution in [2.24, 2.45) is 5.41 Å². The van der Waals surface area contributed by atoms with Crippen LogP contribution in [-0.2, 0) is 10.0 Å². The largest absolute Gasteiger partial charge is 0.213 e. The first-order chi connectivity index (χ1) is 6.70. The van der Waals surface area contributed by atoms with E-state index in [9.17, 15) is 8.42 Å². The Balaban J connectivity index is 4.45. The molecule has 0 bridgehead atoms. The zero-order valence-electron chi connectivity index (χ0n) is 9.87. The van der Waals surface area contributed by atoms with Gasteiger partial charge in [-0.15, -0.1) is 0 Å². The van der Waals surface area contributed by atoms with Gasteiger partial charge in [0.2, 0.25) is 10.0 Å². The molecule has 0 aliphatic rings. The minimum atomic E-state index is -3.35. The summed E-state index contributed by atoms with van der Waals surface area (Å²) < 4.78 is 25.7. The molecule has 0 aromatic heterocycles. The van der Waals surface area contributed by atoms with Gasteiger partial charge in [-0.1, -0.05) is 34.1 Å². The average molecular weight is 232 g/mol. The van der Waals surface area contributed by atoms with Gasteiger partial charge in [0.05, 0.1) is 11.8 Å². The van der Waals surface area contributed by atoms with Gasteiger partial charge in [0.25, 0.3) is 0 Å². The molecule has 0 saturated carbocycles. The van der Waals surface area contributed by atoms with Gasteiger partial charge in [-0.2, -0.15) is 9.98 Å². The smallest absolute Gasteiger partial charge is 0.212 e. The first kappa shape index (κ1) is 14.4. The van der Waals surface area contributed by atoms with Gasteiger partial charge in [-0.3, -0.25) is 0 Å². The van der Waals surface area contributed by atoms with Crippen LogP contribution in [0, 0.1) is 16.7 Å². The molecule has 1 N–H and O–H groups in total. The predicted molar refractivity (Wildman–Crippen MR) is 60.7 cm³/mol. The molecule has 5 heteroatoms. The number of nitriles is 1. The van der Waals surface area contributed by atoms with E-state index in [0.29, 0.717) is 6.42 Å². The second-order valence-electron chi connectivity index (χ2n) is 4.91. The number of nitrogens with zero attached hydrogens (tertiary/aromatic N) is 1. The van der Waals surface area contributed by atoms with Crippen LogP contribution in [0.2, 0.25) is 0 Å². The topological polar surface area (TPSA) is 70.0 Å². The molecular weight excluding hydrogens is 212 g/mol. The summed E-state index contributed by atoms with van der Waals surface area (Å²) in [7, 11) is -3.35. The molecule has 88 valence electrons. The van der Waals surface area contributed by atoms with Crippen molar-refractivity contribution < 1.29 is 8.42 Å². The summed E-state index contributed by atoms with van der Waals surface area (Å²) in [6.07, 6.45) is 1.34. The monoisotopic (exact) mass is 232 g/mol. The highest BCUT2D eigenvalue weighted by atomic mass is 32.2. The first-order valence-electron chi connectivity index (χ1n) is 5.10. The molecule has 0 saturated heterocycles. The molecule has 15 heavy (non-hydrogen) atoms. The van der Waals surface area contributed by atoms with Crippen molar-refractivity contribution in [1.29, 1.82) is 5.26 Å². The highest BCUT2D eigenvalue weighted by Crippen LogP contribution is 2.15. The minimum absolute atomic E-state index is 0.0435. The number of nitrogens with one attached hydrogen (secondary N) is 1. The van der Waals surface area contributed by atoms with E-state index in [4.69, 9.17) is 5.26 Å². The van der Waals surface area contributed by atoms with Crippen LogP contribution in [0.5, 0.6) is 0 Å². The lowest BCUT2D eigenvalue weighted by Crippen LogP contribution is -2.38. The predicted octanol–water partition coefficient (Wildman–Crippen LogP) is 1.64. The molecule has 0 rings (SSSR count). The third kappa shape index (κ3) is 7.34. The fraction of sp³-hybridized carbons (Fsp3) is 0.900. The standard InChI is InChI=1S/C10H20N2O2S/c1-5-6-9(7-11)12-15(13,14)8-10(2,3)4/h9,12H,5-6,8H2,1-4H3. The van der Waals surface area contributed by atoms with Gasteiger partial charge in [0.15, 0.2) is 0 Å². The molecule has 0 amide bonds. The van der Waals surface area contributed by atoms with Crippen LogP contribution in [-0.4, -0.2) is 20.2 Å². The maximum atomic E-state index is 11.6. The number of hydrogen-bond donors (Lipinski definition) is 1. The van der Waals surface area contributed by atoms with E-state index in [0.717, 1.165) is 6.42 Å². The highest BCUT2D eigenvalue weighted by molar-refractivity contribution is 7.89. The van der Waals surface area contributed by atoms with Crippen molar-refractivity contribution in [1.82, 2.24) is 4.72 Å². The van der Waals surface area contributed by atoms with Gasteiger partial charge >= 0.3 is 0 Å². The molecule has 1 unspecified atom stereocenters. The Morgan fingerprint density at radius 1 is 1.40 bits per heavy atom. The molecule has 0 radical (unpaired) electrons. The van der Waals surface area contributed by atoms with Crippen LogP contribution in [0.25, 0.3) is 0 Å². The van der Waals surface area contributed by atoms with Crippen LogP contribution in [0.1, 0.15) is 40.5 Å². The van der Waals surface area contributed by atoms with Gasteiger partial charge in [0, 0.05) is 0 Å². The normalized spacial score (nSPS) is 14.6. The molecule has 0 aromatic carbocycles. The molecule has 0 heterocycles. The number of rotatable bonds is 5. The lowest BCUT2D eigenvalue weighted by molar-refractivity contribution is 0.455. The maximum absolute atomic E-state index is 11.6. The Kier molecular flexibility index (Phi) is 5.26. The van der Waals surface area contributed by atoms with Crippen molar-refractivity contribution >= 4 is 10.0 Å². The molecule has 4 nitrogen and oxygen atoms in total. The van der Waals surface area contributed by atoms with Crippen molar-refractivity contribution in [3.8, 4) is 6.07 Å². The Hall–Kier alpha value is -0.600. The summed E-state index contributed by atoms with van der Waals surface area (Å²) in [5, 5.41) is 8.74. The quantitative estimate of drug-likeness (QED) is 0.783. The lowest BCUT2D eigenvalue weighted by Gasteiger charge is -2.19. The van der Waals surface area contributed by atoms with Crippen LogP contribution >= 0.6 is 0 Å². The summed E-state index contributed by atoms with van der Waals surface area (Å²) in [5.41, 5.74) is -0.294. The van der Waals surface area contributed by atoms with Crippen molar-refractivity contribution in [3.05, 3.63) is 0 Å². The first-order valence-corrected chi connectivity index (χ1v) is 6.75. The van der Waals surface area contributed by atoms with Crippen molar-refractivity contribution in [3.63, 3.8) is 0 Å². The minimum Gasteiger partial charge on any atom is -0.212 e. The van der Waals surface area contributed by atoms with Gasteiger partial charge in [0.1, 0.15) is 6.04 Å². The second-order valence-corrected chi connectivity index (χ2v) is 6.66. The SMILES string of the molecule is CCCC(C#N)NS(=O)(=O)CC(C)(C)C. The van der Waals surface area contributed by atoms with E-state index in [1.807, 2.05) is 33.8 Å². The van der Waals surface area contributed by atoms with Crippen LogP contribution in [0.4, 0.5) is 0 Å². The second kappa shape index (κ2) is 5.47. The Morgan fingerprint density at radius 2 is 1.93 bits per heavy atom. The van der Waals surface area contributed by atoms with Gasteiger partial charge in [-0.25, -0.2) is 8.42 Å². The van der Waals surface area contributed by atoms with Crippen LogP contribution in [0.3, 0.4) is 0 Å². The van der Waals surface area contributed by atoms with Crippen LogP contribution in [0.15, 0.2) is 0 Å². The molecule has 1 atom stereocenters. The van der Waals surface area contributed by atoms with E-state index < -0.39 is 16.1 Å². The number of sulfonamides is 1. The molecular formula is C10H20N2O2S. The summed E-state index contributed by atoms with van der Waals surface area (Å²) >= 11 is 0. The molecule has 0 aliphatic carbocycles. The summed E-state index contributed by atoms with van der Waals surface area (Å²) in [5.74, 6) is 0.0435. The fourth-order valence-corrected chi connectivity index (χ4v) is 3.09. The Bertz CT molecular complexity index is 322. The van der Waals surface area contributed by atoms with Crippen molar-refractivity contribution in [2.75, 3.05) is 5.75 Å². The average Bonchev–Trinajstić information content (AvgIpc) is 1.98. The Labute approximate surface area is 92.7 Å². The zero-order chi connectivity index (χ0) is 12.1. The molecule has 0 aromatic rings. The molecule has 0 fully saturated rings. The Morgan fingerprint density at radius 3 is 2.27 bits per heavy atom.